The number of amides is 2. The zero-order chi connectivity index (χ0) is 24.1. The van der Waals surface area contributed by atoms with Gasteiger partial charge in [-0.15, -0.1) is 0 Å². The van der Waals surface area contributed by atoms with Crippen LogP contribution in [-0.2, 0) is 9.53 Å². The molecule has 1 aliphatic rings. The maximum Gasteiger partial charge on any atom is 0.411 e. The molecule has 7 nitrogen and oxygen atoms in total. The van der Waals surface area contributed by atoms with Crippen molar-refractivity contribution in [2.75, 3.05) is 18.5 Å². The van der Waals surface area contributed by atoms with Crippen LogP contribution in [0.1, 0.15) is 27.4 Å². The second-order valence-electron chi connectivity index (χ2n) is 7.47. The third-order valence-corrected chi connectivity index (χ3v) is 5.28. The first kappa shape index (κ1) is 22.6. The smallest absolute Gasteiger partial charge is 0.411 e. The number of hydrogen-bond acceptors (Lipinski definition) is 4. The minimum Gasteiger partial charge on any atom is -0.472 e. The Bertz CT molecular complexity index is 1300. The number of aliphatic carboxylic acids is 1. The number of carbonyl (C=O) groups excluding carboxylic acids is 2. The fourth-order valence-corrected chi connectivity index (χ4v) is 3.89. The Kier molecular flexibility index (Phi) is 6.55. The molecule has 0 aliphatic heterocycles. The summed E-state index contributed by atoms with van der Waals surface area (Å²) in [5, 5.41) is 13.3. The Labute approximate surface area is 194 Å². The van der Waals surface area contributed by atoms with E-state index in [1.807, 2.05) is 54.5 Å². The van der Waals surface area contributed by atoms with E-state index in [4.69, 9.17) is 9.84 Å². The van der Waals surface area contributed by atoms with Gasteiger partial charge in [-0.1, -0.05) is 54.5 Å². The van der Waals surface area contributed by atoms with Gasteiger partial charge in [0, 0.05) is 23.1 Å². The second kappa shape index (κ2) is 9.88. The molecule has 0 heterocycles. The van der Waals surface area contributed by atoms with Gasteiger partial charge in [0.15, 0.2) is 0 Å². The first-order valence-corrected chi connectivity index (χ1v) is 10.3. The SMILES string of the molecule is O=C(O)C#CCNC(=O)c1cc(F)cc(NC(=O)OCC2c3ccccc3-c3ccccc32)c1. The summed E-state index contributed by atoms with van der Waals surface area (Å²) in [6, 6.07) is 19.2. The zero-order valence-electron chi connectivity index (χ0n) is 17.8. The van der Waals surface area contributed by atoms with E-state index in [-0.39, 0.29) is 30.3 Å². The molecular formula is C26H19FN2O5. The summed E-state index contributed by atoms with van der Waals surface area (Å²) in [5.74, 6) is 1.23. The van der Waals surface area contributed by atoms with Crippen molar-refractivity contribution in [3.8, 4) is 23.0 Å². The lowest BCUT2D eigenvalue weighted by atomic mass is 9.98. The highest BCUT2D eigenvalue weighted by atomic mass is 19.1. The summed E-state index contributed by atoms with van der Waals surface area (Å²) in [6.45, 7) is -0.137. The minimum absolute atomic E-state index is 0.0407. The summed E-state index contributed by atoms with van der Waals surface area (Å²) in [6.07, 6.45) is -0.786. The average molecular weight is 458 g/mol. The molecule has 4 rings (SSSR count). The Balaban J connectivity index is 1.41. The van der Waals surface area contributed by atoms with Crippen molar-refractivity contribution in [3.05, 3.63) is 89.2 Å². The van der Waals surface area contributed by atoms with Crippen LogP contribution in [0.2, 0.25) is 0 Å². The molecule has 0 aromatic heterocycles. The van der Waals surface area contributed by atoms with Crippen molar-refractivity contribution in [1.82, 2.24) is 5.32 Å². The molecule has 8 heteroatoms. The first-order valence-electron chi connectivity index (χ1n) is 10.3. The molecule has 0 saturated carbocycles. The maximum absolute atomic E-state index is 14.0. The van der Waals surface area contributed by atoms with Gasteiger partial charge < -0.3 is 15.2 Å². The summed E-state index contributed by atoms with van der Waals surface area (Å²) in [4.78, 5) is 35.0. The van der Waals surface area contributed by atoms with Crippen LogP contribution in [0.3, 0.4) is 0 Å². The maximum atomic E-state index is 14.0. The number of hydrogen-bond donors (Lipinski definition) is 3. The van der Waals surface area contributed by atoms with Crippen molar-refractivity contribution in [2.45, 2.75) is 5.92 Å². The fourth-order valence-electron chi connectivity index (χ4n) is 3.89. The van der Waals surface area contributed by atoms with Crippen LogP contribution in [0.15, 0.2) is 66.7 Å². The van der Waals surface area contributed by atoms with E-state index in [2.05, 4.69) is 16.6 Å². The lowest BCUT2D eigenvalue weighted by Gasteiger charge is -2.15. The molecule has 1 aliphatic carbocycles. The molecule has 0 atom stereocenters. The molecule has 0 spiro atoms. The molecule has 3 N–H and O–H groups in total. The lowest BCUT2D eigenvalue weighted by molar-refractivity contribution is -0.130. The zero-order valence-corrected chi connectivity index (χ0v) is 17.8. The number of anilines is 1. The average Bonchev–Trinajstić information content (AvgIpc) is 3.13. The van der Waals surface area contributed by atoms with Crippen LogP contribution < -0.4 is 10.6 Å². The van der Waals surface area contributed by atoms with Crippen LogP contribution >= 0.6 is 0 Å². The van der Waals surface area contributed by atoms with Gasteiger partial charge in [-0.2, -0.15) is 0 Å². The predicted octanol–water partition coefficient (Wildman–Crippen LogP) is 4.00. The molecule has 0 fully saturated rings. The summed E-state index contributed by atoms with van der Waals surface area (Å²) in [5.41, 5.74) is 4.30. The molecule has 3 aromatic carbocycles. The Hall–Kier alpha value is -4.64. The van der Waals surface area contributed by atoms with E-state index in [1.165, 1.54) is 6.07 Å². The van der Waals surface area contributed by atoms with E-state index < -0.39 is 23.8 Å². The number of carboxylic acid groups (broad SMARTS) is 1. The van der Waals surface area contributed by atoms with E-state index in [0.29, 0.717) is 0 Å². The van der Waals surface area contributed by atoms with E-state index in [9.17, 15) is 18.8 Å². The third kappa shape index (κ3) is 5.05. The van der Waals surface area contributed by atoms with Crippen LogP contribution in [-0.4, -0.2) is 36.2 Å². The number of carboxylic acids is 1. The molecule has 0 saturated heterocycles. The fraction of sp³-hybridized carbons (Fsp3) is 0.115. The number of fused-ring (bicyclic) bond motifs is 3. The van der Waals surface area contributed by atoms with Gasteiger partial charge in [-0.3, -0.25) is 10.1 Å². The van der Waals surface area contributed by atoms with Gasteiger partial charge >= 0.3 is 12.1 Å². The molecule has 170 valence electrons. The molecule has 0 bridgehead atoms. The Morgan fingerprint density at radius 3 is 2.26 bits per heavy atom. The van der Waals surface area contributed by atoms with Gasteiger partial charge in [0.2, 0.25) is 0 Å². The van der Waals surface area contributed by atoms with Crippen LogP contribution in [0.5, 0.6) is 0 Å². The van der Waals surface area contributed by atoms with E-state index in [0.717, 1.165) is 34.4 Å². The number of carbonyl (C=O) groups is 3. The normalized spacial score (nSPS) is 11.4. The van der Waals surface area contributed by atoms with Crippen molar-refractivity contribution >= 4 is 23.7 Å². The number of halogens is 1. The highest BCUT2D eigenvalue weighted by Gasteiger charge is 2.29. The first-order chi connectivity index (χ1) is 16.4. The van der Waals surface area contributed by atoms with Crippen molar-refractivity contribution in [2.24, 2.45) is 0 Å². The molecule has 0 unspecified atom stereocenters. The van der Waals surface area contributed by atoms with Crippen LogP contribution in [0.25, 0.3) is 11.1 Å². The topological polar surface area (TPSA) is 105 Å². The number of benzene rings is 3. The van der Waals surface area contributed by atoms with E-state index >= 15 is 0 Å². The van der Waals surface area contributed by atoms with Crippen molar-refractivity contribution in [3.63, 3.8) is 0 Å². The Morgan fingerprint density at radius 2 is 1.62 bits per heavy atom. The standard InChI is InChI=1S/C26H19FN2O5/c27-17-12-16(25(32)28-11-5-10-24(30)31)13-18(14-17)29-26(33)34-15-23-21-8-3-1-6-19(21)20-7-2-4-9-22(20)23/h1-4,6-9,12-14,23H,11,15H2,(H,28,32)(H,29,33)(H,30,31). The minimum atomic E-state index is -1.32. The van der Waals surface area contributed by atoms with Gasteiger partial charge in [-0.05, 0) is 40.5 Å². The molecule has 2 amide bonds. The van der Waals surface area contributed by atoms with Gasteiger partial charge in [0.25, 0.3) is 5.91 Å². The predicted molar refractivity (Wildman–Crippen MR) is 123 cm³/mol. The quantitative estimate of drug-likeness (QED) is 0.502. The van der Waals surface area contributed by atoms with Crippen LogP contribution in [0, 0.1) is 17.7 Å². The highest BCUT2D eigenvalue weighted by Crippen LogP contribution is 2.44. The Morgan fingerprint density at radius 1 is 0.971 bits per heavy atom. The van der Waals surface area contributed by atoms with Gasteiger partial charge in [0.1, 0.15) is 12.4 Å². The molecule has 34 heavy (non-hydrogen) atoms. The van der Waals surface area contributed by atoms with Crippen LogP contribution in [0.4, 0.5) is 14.9 Å². The highest BCUT2D eigenvalue weighted by molar-refractivity contribution is 5.96. The number of ether oxygens (including phenoxy) is 1. The molecular weight excluding hydrogens is 439 g/mol. The largest absolute Gasteiger partial charge is 0.472 e. The van der Waals surface area contributed by atoms with E-state index in [1.54, 1.807) is 0 Å². The van der Waals surface area contributed by atoms with Crippen molar-refractivity contribution in [1.29, 1.82) is 0 Å². The lowest BCUT2D eigenvalue weighted by Crippen LogP contribution is -2.24. The third-order valence-electron chi connectivity index (χ3n) is 5.28. The monoisotopic (exact) mass is 458 g/mol. The van der Waals surface area contributed by atoms with Gasteiger partial charge in [0.05, 0.1) is 6.54 Å². The number of rotatable bonds is 5. The molecule has 3 aromatic rings. The van der Waals surface area contributed by atoms with Crippen molar-refractivity contribution < 1.29 is 28.6 Å². The van der Waals surface area contributed by atoms with Gasteiger partial charge in [-0.25, -0.2) is 14.0 Å². The number of nitrogens with one attached hydrogen (secondary N) is 2. The summed E-state index contributed by atoms with van der Waals surface area (Å²) >= 11 is 0. The second-order valence-corrected chi connectivity index (χ2v) is 7.47. The summed E-state index contributed by atoms with van der Waals surface area (Å²) < 4.78 is 19.5. The molecule has 0 radical (unpaired) electrons. The summed E-state index contributed by atoms with van der Waals surface area (Å²) in [7, 11) is 0.